The van der Waals surface area contributed by atoms with Gasteiger partial charge in [0.05, 0.1) is 25.7 Å². The number of nitrogens with one attached hydrogen (secondary N) is 2. The van der Waals surface area contributed by atoms with Gasteiger partial charge in [-0.05, 0) is 31.5 Å². The van der Waals surface area contributed by atoms with Crippen molar-refractivity contribution in [1.29, 1.82) is 0 Å². The summed E-state index contributed by atoms with van der Waals surface area (Å²) >= 11 is 0. The monoisotopic (exact) mass is 373 g/mol. The molecular weight excluding hydrogens is 347 g/mol. The molecule has 1 unspecified atom stereocenters. The lowest BCUT2D eigenvalue weighted by atomic mass is 10.2. The first kappa shape index (κ1) is 20.3. The first-order valence-electron chi connectivity index (χ1n) is 8.78. The minimum atomic E-state index is -4.18. The van der Waals surface area contributed by atoms with Gasteiger partial charge in [0.25, 0.3) is 0 Å². The van der Waals surface area contributed by atoms with Crippen molar-refractivity contribution in [3.63, 3.8) is 0 Å². The third-order valence-corrected chi connectivity index (χ3v) is 3.84. The second kappa shape index (κ2) is 9.61. The Bertz CT molecular complexity index is 594. The van der Waals surface area contributed by atoms with Gasteiger partial charge >= 0.3 is 6.18 Å². The van der Waals surface area contributed by atoms with Gasteiger partial charge in [-0.3, -0.25) is 0 Å². The molecule has 146 valence electrons. The molecule has 1 aromatic rings. The van der Waals surface area contributed by atoms with Crippen molar-refractivity contribution in [2.45, 2.75) is 39.1 Å². The van der Waals surface area contributed by atoms with Crippen LogP contribution in [0.2, 0.25) is 0 Å². The molecule has 1 aliphatic heterocycles. The lowest BCUT2D eigenvalue weighted by molar-refractivity contribution is -0.132. The van der Waals surface area contributed by atoms with Gasteiger partial charge in [-0.15, -0.1) is 0 Å². The van der Waals surface area contributed by atoms with Crippen molar-refractivity contribution < 1.29 is 17.9 Å². The number of nitrogens with zero attached hydrogens (tertiary/aromatic N) is 3. The zero-order chi connectivity index (χ0) is 19.0. The molecule has 0 aromatic carbocycles. The number of morpholine rings is 1. The predicted molar refractivity (Wildman–Crippen MR) is 95.4 cm³/mol. The van der Waals surface area contributed by atoms with Crippen LogP contribution in [0.4, 0.5) is 19.0 Å². The van der Waals surface area contributed by atoms with Crippen molar-refractivity contribution in [3.8, 4) is 0 Å². The molecule has 0 spiro atoms. The van der Waals surface area contributed by atoms with Gasteiger partial charge in [0.1, 0.15) is 5.82 Å². The Labute approximate surface area is 151 Å². The molecule has 9 heteroatoms. The molecule has 1 aromatic heterocycles. The fourth-order valence-electron chi connectivity index (χ4n) is 2.59. The zero-order valence-corrected chi connectivity index (χ0v) is 15.1. The van der Waals surface area contributed by atoms with Crippen molar-refractivity contribution in [3.05, 3.63) is 23.9 Å². The molecule has 2 rings (SSSR count). The Balaban J connectivity index is 1.96. The molecule has 1 fully saturated rings. The Morgan fingerprint density at radius 3 is 2.92 bits per heavy atom. The SMILES string of the molecule is CCNC(=NCc1ccnc(N2CCOC(C)C2)c1)NCCC(F)(F)F. The number of rotatable bonds is 6. The van der Waals surface area contributed by atoms with E-state index in [1.165, 1.54) is 0 Å². The fourth-order valence-corrected chi connectivity index (χ4v) is 2.59. The number of anilines is 1. The van der Waals surface area contributed by atoms with Gasteiger partial charge in [0, 0.05) is 32.4 Å². The van der Waals surface area contributed by atoms with E-state index in [9.17, 15) is 13.2 Å². The lowest BCUT2D eigenvalue weighted by Crippen LogP contribution is -2.41. The third-order valence-electron chi connectivity index (χ3n) is 3.84. The Morgan fingerprint density at radius 2 is 2.23 bits per heavy atom. The van der Waals surface area contributed by atoms with E-state index in [2.05, 4.69) is 25.5 Å². The molecule has 0 amide bonds. The van der Waals surface area contributed by atoms with Crippen LogP contribution in [-0.2, 0) is 11.3 Å². The maximum absolute atomic E-state index is 12.3. The highest BCUT2D eigenvalue weighted by molar-refractivity contribution is 5.79. The molecule has 1 aliphatic rings. The van der Waals surface area contributed by atoms with Gasteiger partial charge in [-0.2, -0.15) is 13.2 Å². The van der Waals surface area contributed by atoms with E-state index in [0.717, 1.165) is 24.5 Å². The maximum atomic E-state index is 12.3. The van der Waals surface area contributed by atoms with Crippen LogP contribution in [0.1, 0.15) is 25.8 Å². The fraction of sp³-hybridized carbons (Fsp3) is 0.647. The number of hydrogen-bond donors (Lipinski definition) is 2. The number of halogens is 3. The molecule has 1 saturated heterocycles. The number of hydrogen-bond acceptors (Lipinski definition) is 4. The van der Waals surface area contributed by atoms with Crippen molar-refractivity contribution in [1.82, 2.24) is 15.6 Å². The molecule has 6 nitrogen and oxygen atoms in total. The summed E-state index contributed by atoms with van der Waals surface area (Å²) in [6, 6.07) is 3.82. The second-order valence-electron chi connectivity index (χ2n) is 6.14. The molecule has 0 aliphatic carbocycles. The highest BCUT2D eigenvalue weighted by atomic mass is 19.4. The average Bonchev–Trinajstić information content (AvgIpc) is 2.59. The van der Waals surface area contributed by atoms with Crippen LogP contribution in [0.3, 0.4) is 0 Å². The van der Waals surface area contributed by atoms with Crippen molar-refractivity contribution in [2.24, 2.45) is 4.99 Å². The van der Waals surface area contributed by atoms with Crippen LogP contribution in [-0.4, -0.2) is 56.0 Å². The predicted octanol–water partition coefficient (Wildman–Crippen LogP) is 2.31. The number of pyridine rings is 1. The summed E-state index contributed by atoms with van der Waals surface area (Å²) < 4.78 is 42.4. The summed E-state index contributed by atoms with van der Waals surface area (Å²) in [7, 11) is 0. The molecule has 0 bridgehead atoms. The Morgan fingerprint density at radius 1 is 1.42 bits per heavy atom. The summed E-state index contributed by atoms with van der Waals surface area (Å²) in [6.07, 6.45) is -3.19. The zero-order valence-electron chi connectivity index (χ0n) is 15.1. The first-order chi connectivity index (χ1) is 12.4. The normalized spacial score (nSPS) is 18.7. The first-order valence-corrected chi connectivity index (χ1v) is 8.78. The van der Waals surface area contributed by atoms with Gasteiger partial charge in [0.15, 0.2) is 5.96 Å². The number of ether oxygens (including phenoxy) is 1. The summed E-state index contributed by atoms with van der Waals surface area (Å²) in [5.41, 5.74) is 0.946. The number of aliphatic imine (C=N–C) groups is 1. The summed E-state index contributed by atoms with van der Waals surface area (Å²) in [5, 5.41) is 5.66. The molecule has 26 heavy (non-hydrogen) atoms. The highest BCUT2D eigenvalue weighted by Gasteiger charge is 2.26. The molecular formula is C17H26F3N5O. The topological polar surface area (TPSA) is 61.8 Å². The molecule has 2 N–H and O–H groups in total. The number of aromatic nitrogens is 1. The van der Waals surface area contributed by atoms with Crippen LogP contribution in [0.25, 0.3) is 0 Å². The second-order valence-corrected chi connectivity index (χ2v) is 6.14. The van der Waals surface area contributed by atoms with E-state index in [1.807, 2.05) is 26.0 Å². The van der Waals surface area contributed by atoms with Gasteiger partial charge in [0.2, 0.25) is 0 Å². The minimum absolute atomic E-state index is 0.158. The lowest BCUT2D eigenvalue weighted by Gasteiger charge is -2.32. The van der Waals surface area contributed by atoms with E-state index in [0.29, 0.717) is 25.7 Å². The maximum Gasteiger partial charge on any atom is 0.390 e. The molecule has 0 radical (unpaired) electrons. The summed E-state index contributed by atoms with van der Waals surface area (Å²) in [4.78, 5) is 10.9. The summed E-state index contributed by atoms with van der Waals surface area (Å²) in [5.74, 6) is 1.23. The van der Waals surface area contributed by atoms with E-state index in [1.54, 1.807) is 6.20 Å². The average molecular weight is 373 g/mol. The van der Waals surface area contributed by atoms with E-state index >= 15 is 0 Å². The largest absolute Gasteiger partial charge is 0.390 e. The van der Waals surface area contributed by atoms with E-state index in [4.69, 9.17) is 4.74 Å². The number of guanidine groups is 1. The van der Waals surface area contributed by atoms with Gasteiger partial charge < -0.3 is 20.3 Å². The van der Waals surface area contributed by atoms with Crippen molar-refractivity contribution in [2.75, 3.05) is 37.7 Å². The smallest absolute Gasteiger partial charge is 0.375 e. The molecule has 0 saturated carbocycles. The van der Waals surface area contributed by atoms with Crippen LogP contribution < -0.4 is 15.5 Å². The quantitative estimate of drug-likeness (QED) is 0.592. The van der Waals surface area contributed by atoms with Crippen LogP contribution in [0.5, 0.6) is 0 Å². The standard InChI is InChI=1S/C17H26F3N5O/c1-3-21-16(23-7-5-17(18,19)20)24-11-14-4-6-22-15(10-14)25-8-9-26-13(2)12-25/h4,6,10,13H,3,5,7-9,11-12H2,1-2H3,(H2,21,23,24). The van der Waals surface area contributed by atoms with Gasteiger partial charge in [-0.1, -0.05) is 0 Å². The minimum Gasteiger partial charge on any atom is -0.375 e. The van der Waals surface area contributed by atoms with Gasteiger partial charge in [-0.25, -0.2) is 9.98 Å². The molecule has 2 heterocycles. The van der Waals surface area contributed by atoms with E-state index in [-0.39, 0.29) is 12.6 Å². The Hall–Kier alpha value is -2.03. The van der Waals surface area contributed by atoms with Crippen LogP contribution in [0, 0.1) is 0 Å². The van der Waals surface area contributed by atoms with Crippen LogP contribution in [0.15, 0.2) is 23.3 Å². The third kappa shape index (κ3) is 7.07. The highest BCUT2D eigenvalue weighted by Crippen LogP contribution is 2.18. The van der Waals surface area contributed by atoms with Crippen LogP contribution >= 0.6 is 0 Å². The number of alkyl halides is 3. The summed E-state index contributed by atoms with van der Waals surface area (Å²) in [6.45, 7) is 6.84. The molecule has 1 atom stereocenters. The van der Waals surface area contributed by atoms with E-state index < -0.39 is 12.6 Å². The van der Waals surface area contributed by atoms with Crippen molar-refractivity contribution >= 4 is 11.8 Å². The Kier molecular flexibility index (Phi) is 7.50.